The summed E-state index contributed by atoms with van der Waals surface area (Å²) in [6.07, 6.45) is 0.133. The van der Waals surface area contributed by atoms with Crippen molar-refractivity contribution >= 4 is 28.9 Å². The van der Waals surface area contributed by atoms with Crippen molar-refractivity contribution in [3.63, 3.8) is 0 Å². The van der Waals surface area contributed by atoms with Gasteiger partial charge >= 0.3 is 5.97 Å². The molecule has 1 aromatic rings. The average Bonchev–Trinajstić information content (AvgIpc) is 2.64. The predicted molar refractivity (Wildman–Crippen MR) is 68.8 cm³/mol. The molecule has 1 fully saturated rings. The maximum absolute atomic E-state index is 11.3. The van der Waals surface area contributed by atoms with Gasteiger partial charge in [-0.15, -0.1) is 0 Å². The van der Waals surface area contributed by atoms with Crippen molar-refractivity contribution in [1.82, 2.24) is 0 Å². The number of nitrogens with one attached hydrogen (secondary N) is 1. The number of carbonyl (C=O) groups excluding carboxylic acids is 1. The lowest BCUT2D eigenvalue weighted by Gasteiger charge is -2.38. The molecule has 8 heteroatoms. The number of carboxylic acid groups (broad SMARTS) is 1. The summed E-state index contributed by atoms with van der Waals surface area (Å²) in [6.45, 7) is 0.478. The minimum absolute atomic E-state index is 0.0934. The fraction of sp³-hybridized carbons (Fsp3) is 0.333. The van der Waals surface area contributed by atoms with E-state index in [2.05, 4.69) is 5.32 Å². The van der Waals surface area contributed by atoms with E-state index < -0.39 is 16.8 Å². The number of anilines is 2. The van der Waals surface area contributed by atoms with Crippen LogP contribution in [0.25, 0.3) is 0 Å². The topological polar surface area (TPSA) is 113 Å². The number of nitro benzene ring substituents is 1. The van der Waals surface area contributed by atoms with E-state index >= 15 is 0 Å². The number of carboxylic acids is 1. The van der Waals surface area contributed by atoms with Gasteiger partial charge in [0.05, 0.1) is 17.3 Å². The second-order valence-electron chi connectivity index (χ2n) is 4.92. The van der Waals surface area contributed by atoms with Crippen molar-refractivity contribution in [1.29, 1.82) is 0 Å². The highest BCUT2D eigenvalue weighted by molar-refractivity contribution is 6.00. The van der Waals surface area contributed by atoms with Crippen LogP contribution in [-0.4, -0.2) is 35.0 Å². The van der Waals surface area contributed by atoms with Gasteiger partial charge in [-0.2, -0.15) is 0 Å². The summed E-state index contributed by atoms with van der Waals surface area (Å²) in [4.78, 5) is 34.4. The van der Waals surface area contributed by atoms with Crippen LogP contribution in [-0.2, 0) is 16.0 Å². The normalized spacial score (nSPS) is 17.4. The summed E-state index contributed by atoms with van der Waals surface area (Å²) < 4.78 is 0. The van der Waals surface area contributed by atoms with E-state index in [0.29, 0.717) is 16.9 Å². The molecule has 0 unspecified atom stereocenters. The Hall–Kier alpha value is -2.64. The zero-order valence-corrected chi connectivity index (χ0v) is 10.3. The molecular formula is C12H11N3O5. The number of nitrogens with zero attached hydrogens (tertiary/aromatic N) is 2. The Labute approximate surface area is 113 Å². The highest BCUT2D eigenvalue weighted by Gasteiger charge is 2.37. The van der Waals surface area contributed by atoms with Gasteiger partial charge in [-0.1, -0.05) is 0 Å². The molecule has 0 saturated carbocycles. The summed E-state index contributed by atoms with van der Waals surface area (Å²) in [6, 6.07) is 2.94. The van der Waals surface area contributed by atoms with E-state index in [1.807, 2.05) is 0 Å². The fourth-order valence-corrected chi connectivity index (χ4v) is 2.48. The molecule has 2 N–H and O–H groups in total. The zero-order chi connectivity index (χ0) is 14.4. The Balaban J connectivity index is 1.94. The van der Waals surface area contributed by atoms with E-state index in [0.717, 1.165) is 0 Å². The van der Waals surface area contributed by atoms with E-state index in [9.17, 15) is 19.7 Å². The third-order valence-corrected chi connectivity index (χ3v) is 3.59. The Morgan fingerprint density at radius 2 is 2.15 bits per heavy atom. The molecule has 0 aromatic heterocycles. The van der Waals surface area contributed by atoms with Crippen molar-refractivity contribution in [3.8, 4) is 0 Å². The molecule has 8 nitrogen and oxygen atoms in total. The third kappa shape index (κ3) is 1.85. The van der Waals surface area contributed by atoms with Gasteiger partial charge in [0.2, 0.25) is 5.91 Å². The first-order valence-electron chi connectivity index (χ1n) is 6.04. The number of fused-ring (bicyclic) bond motifs is 1. The number of nitro groups is 1. The van der Waals surface area contributed by atoms with Gasteiger partial charge in [0.1, 0.15) is 5.69 Å². The first-order valence-corrected chi connectivity index (χ1v) is 6.04. The maximum atomic E-state index is 11.3. The smallest absolute Gasteiger partial charge is 0.310 e. The quantitative estimate of drug-likeness (QED) is 0.618. The van der Waals surface area contributed by atoms with Crippen LogP contribution < -0.4 is 10.2 Å². The van der Waals surface area contributed by atoms with Crippen molar-refractivity contribution in [3.05, 3.63) is 27.8 Å². The number of hydrogen-bond acceptors (Lipinski definition) is 5. The van der Waals surface area contributed by atoms with Crippen molar-refractivity contribution in [2.24, 2.45) is 5.92 Å². The second kappa shape index (κ2) is 4.19. The molecule has 0 spiro atoms. The largest absolute Gasteiger partial charge is 0.481 e. The number of amides is 1. The third-order valence-electron chi connectivity index (χ3n) is 3.59. The lowest BCUT2D eigenvalue weighted by atomic mass is 9.98. The highest BCUT2D eigenvalue weighted by atomic mass is 16.6. The first kappa shape index (κ1) is 12.4. The Bertz CT molecular complexity index is 636. The molecule has 2 heterocycles. The van der Waals surface area contributed by atoms with Crippen LogP contribution in [0.3, 0.4) is 0 Å². The van der Waals surface area contributed by atoms with Crippen molar-refractivity contribution in [2.75, 3.05) is 23.3 Å². The monoisotopic (exact) mass is 277 g/mol. The van der Waals surface area contributed by atoms with E-state index in [4.69, 9.17) is 5.11 Å². The molecule has 0 bridgehead atoms. The van der Waals surface area contributed by atoms with Gasteiger partial charge in [-0.3, -0.25) is 19.7 Å². The zero-order valence-electron chi connectivity index (χ0n) is 10.3. The molecule has 1 saturated heterocycles. The highest BCUT2D eigenvalue weighted by Crippen LogP contribution is 2.39. The fourth-order valence-electron chi connectivity index (χ4n) is 2.48. The molecule has 2 aliphatic rings. The molecule has 3 rings (SSSR count). The van der Waals surface area contributed by atoms with Crippen molar-refractivity contribution in [2.45, 2.75) is 6.42 Å². The Kier molecular flexibility index (Phi) is 2.60. The average molecular weight is 277 g/mol. The lowest BCUT2D eigenvalue weighted by molar-refractivity contribution is -0.384. The number of hydrogen-bond donors (Lipinski definition) is 2. The van der Waals surface area contributed by atoms with Crippen LogP contribution in [0.2, 0.25) is 0 Å². The molecule has 0 radical (unpaired) electrons. The molecule has 0 atom stereocenters. The predicted octanol–water partition coefficient (Wildman–Crippen LogP) is 0.610. The molecular weight excluding hydrogens is 266 g/mol. The summed E-state index contributed by atoms with van der Waals surface area (Å²) >= 11 is 0. The van der Waals surface area contributed by atoms with Gasteiger partial charge in [-0.25, -0.2) is 0 Å². The van der Waals surface area contributed by atoms with Gasteiger partial charge in [0.15, 0.2) is 0 Å². The summed E-state index contributed by atoms with van der Waals surface area (Å²) in [5.74, 6) is -1.60. The first-order chi connectivity index (χ1) is 9.45. The molecule has 20 heavy (non-hydrogen) atoms. The van der Waals surface area contributed by atoms with Gasteiger partial charge in [-0.05, 0) is 11.6 Å². The second-order valence-corrected chi connectivity index (χ2v) is 4.92. The molecule has 1 amide bonds. The number of aliphatic carboxylic acids is 1. The van der Waals surface area contributed by atoms with E-state index in [1.165, 1.54) is 6.07 Å². The van der Waals surface area contributed by atoms with E-state index in [1.54, 1.807) is 11.0 Å². The number of benzene rings is 1. The number of rotatable bonds is 3. The Morgan fingerprint density at radius 1 is 1.45 bits per heavy atom. The summed E-state index contributed by atoms with van der Waals surface area (Å²) in [5, 5.41) is 22.6. The Morgan fingerprint density at radius 3 is 2.75 bits per heavy atom. The van der Waals surface area contributed by atoms with Crippen LogP contribution in [0.4, 0.5) is 17.1 Å². The van der Waals surface area contributed by atoms with Crippen molar-refractivity contribution < 1.29 is 19.6 Å². The standard InChI is InChI=1S/C12H11N3O5/c16-11-2-6-1-10(15(19)20)9(3-8(6)13-11)14-4-7(5-14)12(17)18/h1,3,7H,2,4-5H2,(H,13,16)(H,17,18). The van der Waals surface area contributed by atoms with Crippen LogP contribution in [0.1, 0.15) is 5.56 Å². The van der Waals surface area contributed by atoms with Crippen LogP contribution in [0, 0.1) is 16.0 Å². The summed E-state index contributed by atoms with van der Waals surface area (Å²) in [7, 11) is 0. The SMILES string of the molecule is O=C1Cc2cc([N+](=O)[O-])c(N3CC(C(=O)O)C3)cc2N1. The molecule has 0 aliphatic carbocycles. The minimum Gasteiger partial charge on any atom is -0.481 e. The van der Waals surface area contributed by atoms with Crippen LogP contribution in [0.15, 0.2) is 12.1 Å². The van der Waals surface area contributed by atoms with Gasteiger partial charge < -0.3 is 15.3 Å². The molecule has 2 aliphatic heterocycles. The number of carbonyl (C=O) groups is 2. The maximum Gasteiger partial charge on any atom is 0.310 e. The van der Waals surface area contributed by atoms with Crippen LogP contribution >= 0.6 is 0 Å². The van der Waals surface area contributed by atoms with Crippen LogP contribution in [0.5, 0.6) is 0 Å². The summed E-state index contributed by atoms with van der Waals surface area (Å²) in [5.41, 5.74) is 1.42. The molecule has 1 aromatic carbocycles. The molecule has 104 valence electrons. The van der Waals surface area contributed by atoms with E-state index in [-0.39, 0.29) is 31.1 Å². The minimum atomic E-state index is -0.904. The van der Waals surface area contributed by atoms with Gasteiger partial charge in [0.25, 0.3) is 5.69 Å². The van der Waals surface area contributed by atoms with Gasteiger partial charge in [0, 0.05) is 24.8 Å². The lowest BCUT2D eigenvalue weighted by Crippen LogP contribution is -2.50.